The topological polar surface area (TPSA) is 71.1 Å². The number of methoxy groups -OCH3 is 1. The molecule has 0 fully saturated rings. The van der Waals surface area contributed by atoms with Gasteiger partial charge in [0.15, 0.2) is 0 Å². The maximum atomic E-state index is 9.13. The molecule has 0 heterocycles. The second-order valence-corrected chi connectivity index (χ2v) is 4.29. The summed E-state index contributed by atoms with van der Waals surface area (Å²) in [5.41, 5.74) is 8.12. The SMILES string of the molecule is COc1cccc(C#N)c1Nc1ccc(Cl)cc1N. The van der Waals surface area contributed by atoms with Crippen molar-refractivity contribution in [3.05, 3.63) is 47.0 Å². The highest BCUT2D eigenvalue weighted by Gasteiger charge is 2.10. The van der Waals surface area contributed by atoms with E-state index in [1.54, 1.807) is 43.5 Å². The largest absolute Gasteiger partial charge is 0.495 e. The summed E-state index contributed by atoms with van der Waals surface area (Å²) < 4.78 is 5.24. The highest BCUT2D eigenvalue weighted by Crippen LogP contribution is 2.33. The van der Waals surface area contributed by atoms with Gasteiger partial charge >= 0.3 is 0 Å². The molecule has 0 saturated heterocycles. The zero-order valence-corrected chi connectivity index (χ0v) is 11.0. The van der Waals surface area contributed by atoms with Crippen LogP contribution in [-0.2, 0) is 0 Å². The van der Waals surface area contributed by atoms with Gasteiger partial charge in [-0.25, -0.2) is 0 Å². The lowest BCUT2D eigenvalue weighted by atomic mass is 10.1. The summed E-state index contributed by atoms with van der Waals surface area (Å²) in [6.45, 7) is 0. The minimum Gasteiger partial charge on any atom is -0.495 e. The predicted molar refractivity (Wildman–Crippen MR) is 76.9 cm³/mol. The third-order valence-electron chi connectivity index (χ3n) is 2.64. The Balaban J connectivity index is 2.46. The molecule has 96 valence electrons. The van der Waals surface area contributed by atoms with E-state index in [9.17, 15) is 0 Å². The Bertz CT molecular complexity index is 650. The van der Waals surface area contributed by atoms with Crippen molar-refractivity contribution in [3.8, 4) is 11.8 Å². The van der Waals surface area contributed by atoms with Gasteiger partial charge in [-0.3, -0.25) is 0 Å². The third kappa shape index (κ3) is 2.72. The third-order valence-corrected chi connectivity index (χ3v) is 2.87. The molecule has 2 rings (SSSR count). The van der Waals surface area contributed by atoms with Gasteiger partial charge in [0.1, 0.15) is 11.8 Å². The molecular weight excluding hydrogens is 262 g/mol. The van der Waals surface area contributed by atoms with Crippen LogP contribution in [-0.4, -0.2) is 7.11 Å². The molecule has 3 N–H and O–H groups in total. The molecule has 19 heavy (non-hydrogen) atoms. The Morgan fingerprint density at radius 1 is 1.32 bits per heavy atom. The van der Waals surface area contributed by atoms with Gasteiger partial charge in [0.05, 0.1) is 29.7 Å². The number of nitrogen functional groups attached to an aromatic ring is 1. The maximum Gasteiger partial charge on any atom is 0.143 e. The lowest BCUT2D eigenvalue weighted by Crippen LogP contribution is -2.00. The Morgan fingerprint density at radius 3 is 2.74 bits per heavy atom. The van der Waals surface area contributed by atoms with E-state index in [2.05, 4.69) is 11.4 Å². The van der Waals surface area contributed by atoms with E-state index >= 15 is 0 Å². The van der Waals surface area contributed by atoms with E-state index in [4.69, 9.17) is 27.3 Å². The average molecular weight is 274 g/mol. The number of ether oxygens (including phenoxy) is 1. The van der Waals surface area contributed by atoms with Gasteiger partial charge in [0.2, 0.25) is 0 Å². The standard InChI is InChI=1S/C14H12ClN3O/c1-19-13-4-2-3-9(8-16)14(13)18-12-6-5-10(15)7-11(12)17/h2-7,18H,17H2,1H3. The first-order chi connectivity index (χ1) is 9.15. The molecule has 0 aliphatic rings. The molecule has 0 aliphatic carbocycles. The van der Waals surface area contributed by atoms with Crippen LogP contribution in [0, 0.1) is 11.3 Å². The van der Waals surface area contributed by atoms with Gasteiger partial charge in [-0.15, -0.1) is 0 Å². The van der Waals surface area contributed by atoms with E-state index in [0.717, 1.165) is 0 Å². The lowest BCUT2D eigenvalue weighted by Gasteiger charge is -2.14. The van der Waals surface area contributed by atoms with Crippen LogP contribution in [0.5, 0.6) is 5.75 Å². The molecule has 0 spiro atoms. The van der Waals surface area contributed by atoms with Crippen LogP contribution in [0.1, 0.15) is 5.56 Å². The van der Waals surface area contributed by atoms with Crippen LogP contribution in [0.3, 0.4) is 0 Å². The Morgan fingerprint density at radius 2 is 2.11 bits per heavy atom. The second kappa shape index (κ2) is 5.51. The van der Waals surface area contributed by atoms with Crippen molar-refractivity contribution in [2.45, 2.75) is 0 Å². The van der Waals surface area contributed by atoms with Crippen molar-refractivity contribution in [3.63, 3.8) is 0 Å². The number of nitriles is 1. The van der Waals surface area contributed by atoms with Crippen molar-refractivity contribution in [2.24, 2.45) is 0 Å². The number of nitrogens with one attached hydrogen (secondary N) is 1. The summed E-state index contributed by atoms with van der Waals surface area (Å²) in [4.78, 5) is 0. The predicted octanol–water partition coefficient (Wildman–Crippen LogP) is 3.55. The second-order valence-electron chi connectivity index (χ2n) is 3.85. The number of hydrogen-bond acceptors (Lipinski definition) is 4. The fraction of sp³-hybridized carbons (Fsp3) is 0.0714. The normalized spacial score (nSPS) is 9.74. The highest BCUT2D eigenvalue weighted by molar-refractivity contribution is 6.31. The summed E-state index contributed by atoms with van der Waals surface area (Å²) in [6, 6.07) is 12.5. The number of nitrogens with zero attached hydrogens (tertiary/aromatic N) is 1. The van der Waals surface area contributed by atoms with Gasteiger partial charge in [-0.05, 0) is 30.3 Å². The van der Waals surface area contributed by atoms with Gasteiger partial charge in [-0.1, -0.05) is 17.7 Å². The molecule has 2 aromatic carbocycles. The van der Waals surface area contributed by atoms with Crippen LogP contribution in [0.2, 0.25) is 5.02 Å². The number of hydrogen-bond donors (Lipinski definition) is 2. The summed E-state index contributed by atoms with van der Waals surface area (Å²) in [7, 11) is 1.55. The van der Waals surface area contributed by atoms with Gasteiger partial charge in [0.25, 0.3) is 0 Å². The quantitative estimate of drug-likeness (QED) is 0.839. The number of para-hydroxylation sites is 1. The summed E-state index contributed by atoms with van der Waals surface area (Å²) in [6.07, 6.45) is 0. The summed E-state index contributed by atoms with van der Waals surface area (Å²) >= 11 is 5.85. The minimum absolute atomic E-state index is 0.480. The van der Waals surface area contributed by atoms with E-state index in [0.29, 0.717) is 33.4 Å². The first kappa shape index (κ1) is 13.1. The Hall–Kier alpha value is -2.38. The molecule has 0 saturated carbocycles. The van der Waals surface area contributed by atoms with Crippen LogP contribution in [0.15, 0.2) is 36.4 Å². The molecule has 0 radical (unpaired) electrons. The highest BCUT2D eigenvalue weighted by atomic mass is 35.5. The molecule has 0 amide bonds. The van der Waals surface area contributed by atoms with Crippen molar-refractivity contribution < 1.29 is 4.74 Å². The van der Waals surface area contributed by atoms with Crippen LogP contribution in [0.4, 0.5) is 17.1 Å². The fourth-order valence-corrected chi connectivity index (χ4v) is 1.89. The fourth-order valence-electron chi connectivity index (χ4n) is 1.71. The van der Waals surface area contributed by atoms with Gasteiger partial charge in [0, 0.05) is 5.02 Å². The zero-order valence-electron chi connectivity index (χ0n) is 10.3. The number of nitrogens with two attached hydrogens (primary N) is 1. The number of benzene rings is 2. The number of rotatable bonds is 3. The number of halogens is 1. The van der Waals surface area contributed by atoms with Crippen LogP contribution >= 0.6 is 11.6 Å². The monoisotopic (exact) mass is 273 g/mol. The van der Waals surface area contributed by atoms with Crippen molar-refractivity contribution >= 4 is 28.7 Å². The summed E-state index contributed by atoms with van der Waals surface area (Å²) in [5.74, 6) is 0.577. The maximum absolute atomic E-state index is 9.13. The van der Waals surface area contributed by atoms with Crippen molar-refractivity contribution in [1.29, 1.82) is 5.26 Å². The van der Waals surface area contributed by atoms with E-state index < -0.39 is 0 Å². The van der Waals surface area contributed by atoms with E-state index in [1.807, 2.05) is 0 Å². The van der Waals surface area contributed by atoms with Crippen molar-refractivity contribution in [2.75, 3.05) is 18.2 Å². The first-order valence-corrected chi connectivity index (χ1v) is 5.92. The molecule has 5 heteroatoms. The first-order valence-electron chi connectivity index (χ1n) is 5.55. The Labute approximate surface area is 116 Å². The van der Waals surface area contributed by atoms with Crippen LogP contribution < -0.4 is 15.8 Å². The van der Waals surface area contributed by atoms with E-state index in [-0.39, 0.29) is 0 Å². The molecule has 0 bridgehead atoms. The molecule has 0 aromatic heterocycles. The molecule has 0 aliphatic heterocycles. The van der Waals surface area contributed by atoms with Crippen molar-refractivity contribution in [1.82, 2.24) is 0 Å². The molecule has 4 nitrogen and oxygen atoms in total. The van der Waals surface area contributed by atoms with Gasteiger partial charge < -0.3 is 15.8 Å². The smallest absolute Gasteiger partial charge is 0.143 e. The molecular formula is C14H12ClN3O. The molecule has 0 unspecified atom stereocenters. The minimum atomic E-state index is 0.480. The molecule has 0 atom stereocenters. The van der Waals surface area contributed by atoms with Crippen LogP contribution in [0.25, 0.3) is 0 Å². The molecule has 2 aromatic rings. The zero-order chi connectivity index (χ0) is 13.8. The summed E-state index contributed by atoms with van der Waals surface area (Å²) in [5, 5.41) is 12.8. The Kier molecular flexibility index (Phi) is 3.79. The number of anilines is 3. The van der Waals surface area contributed by atoms with Gasteiger partial charge in [-0.2, -0.15) is 5.26 Å². The van der Waals surface area contributed by atoms with E-state index in [1.165, 1.54) is 0 Å². The average Bonchev–Trinajstić information content (AvgIpc) is 2.42. The lowest BCUT2D eigenvalue weighted by molar-refractivity contribution is 0.416.